The Morgan fingerprint density at radius 3 is 2.06 bits per heavy atom. The van der Waals surface area contributed by atoms with Gasteiger partial charge in [0.2, 0.25) is 0 Å². The molecular formula is C14H26N2O2. The normalized spacial score (nSPS) is 21.6. The first-order chi connectivity index (χ1) is 8.54. The summed E-state index contributed by atoms with van der Waals surface area (Å²) < 4.78 is 0. The molecule has 18 heavy (non-hydrogen) atoms. The van der Waals surface area contributed by atoms with E-state index < -0.39 is 12.0 Å². The second-order valence-electron chi connectivity index (χ2n) is 6.32. The van der Waals surface area contributed by atoms with Crippen LogP contribution in [0.3, 0.4) is 0 Å². The lowest BCUT2D eigenvalue weighted by molar-refractivity contribution is -0.140. The minimum atomic E-state index is -0.722. The summed E-state index contributed by atoms with van der Waals surface area (Å²) in [6.07, 6.45) is 5.32. The van der Waals surface area contributed by atoms with Crippen LogP contribution in [0.1, 0.15) is 39.5 Å². The van der Waals surface area contributed by atoms with E-state index in [-0.39, 0.29) is 6.04 Å². The standard InChI is InChI=1S/C14H26N2O2/c1-10(2)15-13(14(17)18)9-16(7-11-3-4-11)8-12-5-6-12/h10-13,15H,3-9H2,1-2H3,(H,17,18). The molecule has 0 heterocycles. The van der Waals surface area contributed by atoms with E-state index in [9.17, 15) is 9.90 Å². The number of hydrogen-bond acceptors (Lipinski definition) is 3. The van der Waals surface area contributed by atoms with Crippen LogP contribution in [0, 0.1) is 11.8 Å². The summed E-state index contributed by atoms with van der Waals surface area (Å²) in [6, 6.07) is -0.211. The second-order valence-corrected chi connectivity index (χ2v) is 6.32. The fourth-order valence-corrected chi connectivity index (χ4v) is 2.42. The molecule has 0 aromatic heterocycles. The summed E-state index contributed by atoms with van der Waals surface area (Å²) >= 11 is 0. The minimum Gasteiger partial charge on any atom is -0.480 e. The molecule has 2 aliphatic rings. The highest BCUT2D eigenvalue weighted by Crippen LogP contribution is 2.33. The van der Waals surface area contributed by atoms with Gasteiger partial charge < -0.3 is 15.3 Å². The van der Waals surface area contributed by atoms with Crippen molar-refractivity contribution >= 4 is 5.97 Å². The van der Waals surface area contributed by atoms with Crippen LogP contribution in [0.25, 0.3) is 0 Å². The molecule has 104 valence electrons. The van der Waals surface area contributed by atoms with Crippen LogP contribution >= 0.6 is 0 Å². The van der Waals surface area contributed by atoms with Gasteiger partial charge in [-0.25, -0.2) is 0 Å². The lowest BCUT2D eigenvalue weighted by Gasteiger charge is -2.27. The van der Waals surface area contributed by atoms with Gasteiger partial charge in [-0.1, -0.05) is 13.8 Å². The van der Waals surface area contributed by atoms with Crippen LogP contribution in [0.15, 0.2) is 0 Å². The Morgan fingerprint density at radius 2 is 1.72 bits per heavy atom. The van der Waals surface area contributed by atoms with Crippen LogP contribution in [-0.4, -0.2) is 47.7 Å². The lowest BCUT2D eigenvalue weighted by atomic mass is 10.2. The fraction of sp³-hybridized carbons (Fsp3) is 0.929. The summed E-state index contributed by atoms with van der Waals surface area (Å²) in [6.45, 7) is 6.85. The molecular weight excluding hydrogens is 228 g/mol. The molecule has 1 atom stereocenters. The highest BCUT2D eigenvalue weighted by molar-refractivity contribution is 5.73. The number of aliphatic carboxylic acids is 1. The molecule has 0 amide bonds. The monoisotopic (exact) mass is 254 g/mol. The van der Waals surface area contributed by atoms with Gasteiger partial charge in [0.25, 0.3) is 0 Å². The maximum absolute atomic E-state index is 11.3. The number of carboxylic acid groups (broad SMARTS) is 1. The third-order valence-corrected chi connectivity index (χ3v) is 3.70. The molecule has 2 saturated carbocycles. The number of rotatable bonds is 9. The van der Waals surface area contributed by atoms with Crippen molar-refractivity contribution in [3.05, 3.63) is 0 Å². The number of nitrogens with zero attached hydrogens (tertiary/aromatic N) is 1. The minimum absolute atomic E-state index is 0.217. The average molecular weight is 254 g/mol. The molecule has 2 fully saturated rings. The largest absolute Gasteiger partial charge is 0.480 e. The molecule has 0 saturated heterocycles. The van der Waals surface area contributed by atoms with Crippen molar-refractivity contribution in [2.45, 2.75) is 51.6 Å². The third kappa shape index (κ3) is 4.94. The van der Waals surface area contributed by atoms with Gasteiger partial charge >= 0.3 is 5.97 Å². The predicted octanol–water partition coefficient (Wildman–Crippen LogP) is 1.56. The first-order valence-electron chi connectivity index (χ1n) is 7.25. The first kappa shape index (κ1) is 13.8. The topological polar surface area (TPSA) is 52.6 Å². The Balaban J connectivity index is 1.83. The molecule has 0 radical (unpaired) electrons. The number of hydrogen-bond donors (Lipinski definition) is 2. The van der Waals surface area contributed by atoms with Crippen molar-refractivity contribution in [1.29, 1.82) is 0 Å². The van der Waals surface area contributed by atoms with E-state index in [0.717, 1.165) is 24.9 Å². The van der Waals surface area contributed by atoms with E-state index in [1.807, 2.05) is 13.8 Å². The average Bonchev–Trinajstić information content (AvgIpc) is 3.11. The lowest BCUT2D eigenvalue weighted by Crippen LogP contribution is -2.49. The van der Waals surface area contributed by atoms with Crippen molar-refractivity contribution in [3.63, 3.8) is 0 Å². The molecule has 2 aliphatic carbocycles. The van der Waals surface area contributed by atoms with Crippen molar-refractivity contribution in [2.75, 3.05) is 19.6 Å². The van der Waals surface area contributed by atoms with Crippen LogP contribution in [0.5, 0.6) is 0 Å². The van der Waals surface area contributed by atoms with Crippen LogP contribution < -0.4 is 5.32 Å². The molecule has 2 rings (SSSR count). The molecule has 4 nitrogen and oxygen atoms in total. The molecule has 0 aliphatic heterocycles. The molecule has 0 bridgehead atoms. The molecule has 1 unspecified atom stereocenters. The Bertz CT molecular complexity index is 272. The van der Waals surface area contributed by atoms with Gasteiger partial charge in [-0.3, -0.25) is 4.79 Å². The zero-order valence-corrected chi connectivity index (χ0v) is 11.6. The zero-order valence-electron chi connectivity index (χ0n) is 11.6. The van der Waals surface area contributed by atoms with Crippen LogP contribution in [0.4, 0.5) is 0 Å². The van der Waals surface area contributed by atoms with Gasteiger partial charge in [0.1, 0.15) is 6.04 Å². The Morgan fingerprint density at radius 1 is 1.22 bits per heavy atom. The number of carboxylic acids is 1. The van der Waals surface area contributed by atoms with Gasteiger partial charge in [-0.2, -0.15) is 0 Å². The fourth-order valence-electron chi connectivity index (χ4n) is 2.42. The Hall–Kier alpha value is -0.610. The van der Waals surface area contributed by atoms with Gasteiger partial charge in [0, 0.05) is 25.7 Å². The number of carbonyl (C=O) groups is 1. The summed E-state index contributed by atoms with van der Waals surface area (Å²) in [5, 5.41) is 12.4. The number of nitrogens with one attached hydrogen (secondary N) is 1. The third-order valence-electron chi connectivity index (χ3n) is 3.70. The molecule has 2 N–H and O–H groups in total. The summed E-state index contributed by atoms with van der Waals surface area (Å²) in [5.74, 6) is 0.940. The smallest absolute Gasteiger partial charge is 0.322 e. The summed E-state index contributed by atoms with van der Waals surface area (Å²) in [4.78, 5) is 13.7. The Kier molecular flexibility index (Phi) is 4.62. The van der Waals surface area contributed by atoms with Crippen molar-refractivity contribution in [2.24, 2.45) is 11.8 Å². The zero-order chi connectivity index (χ0) is 13.1. The van der Waals surface area contributed by atoms with Gasteiger partial charge in [0.15, 0.2) is 0 Å². The molecule has 4 heteroatoms. The van der Waals surface area contributed by atoms with Crippen molar-refractivity contribution in [1.82, 2.24) is 10.2 Å². The van der Waals surface area contributed by atoms with E-state index in [1.165, 1.54) is 25.7 Å². The van der Waals surface area contributed by atoms with Gasteiger partial charge in [0.05, 0.1) is 0 Å². The highest BCUT2D eigenvalue weighted by Gasteiger charge is 2.31. The maximum Gasteiger partial charge on any atom is 0.322 e. The van der Waals surface area contributed by atoms with Gasteiger partial charge in [-0.05, 0) is 37.5 Å². The molecule has 0 spiro atoms. The van der Waals surface area contributed by atoms with Crippen molar-refractivity contribution < 1.29 is 9.90 Å². The maximum atomic E-state index is 11.3. The summed E-state index contributed by atoms with van der Waals surface area (Å²) in [5.41, 5.74) is 0. The van der Waals surface area contributed by atoms with E-state index in [1.54, 1.807) is 0 Å². The van der Waals surface area contributed by atoms with Crippen molar-refractivity contribution in [3.8, 4) is 0 Å². The summed E-state index contributed by atoms with van der Waals surface area (Å²) in [7, 11) is 0. The Labute approximate surface area is 110 Å². The quantitative estimate of drug-likeness (QED) is 0.655. The van der Waals surface area contributed by atoms with E-state index in [2.05, 4.69) is 10.2 Å². The van der Waals surface area contributed by atoms with Crippen LogP contribution in [0.2, 0.25) is 0 Å². The van der Waals surface area contributed by atoms with Crippen LogP contribution in [-0.2, 0) is 4.79 Å². The first-order valence-corrected chi connectivity index (χ1v) is 7.25. The molecule has 0 aromatic carbocycles. The van der Waals surface area contributed by atoms with E-state index in [4.69, 9.17) is 0 Å². The highest BCUT2D eigenvalue weighted by atomic mass is 16.4. The predicted molar refractivity (Wildman–Crippen MR) is 71.6 cm³/mol. The van der Waals surface area contributed by atoms with E-state index >= 15 is 0 Å². The second kappa shape index (κ2) is 6.02. The van der Waals surface area contributed by atoms with E-state index in [0.29, 0.717) is 6.54 Å². The molecule has 0 aromatic rings. The van der Waals surface area contributed by atoms with Gasteiger partial charge in [-0.15, -0.1) is 0 Å². The SMILES string of the molecule is CC(C)NC(CN(CC1CC1)CC1CC1)C(=O)O.